The lowest BCUT2D eigenvalue weighted by Crippen LogP contribution is -2.45. The number of likely N-dealkylation sites (tertiary alicyclic amines) is 1. The fourth-order valence-electron chi connectivity index (χ4n) is 2.13. The van der Waals surface area contributed by atoms with Crippen LogP contribution in [0.4, 0.5) is 4.79 Å². The highest BCUT2D eigenvalue weighted by atomic mass is 16.6. The van der Waals surface area contributed by atoms with Gasteiger partial charge in [0.15, 0.2) is 0 Å². The molecule has 2 unspecified atom stereocenters. The number of hydrogen-bond donors (Lipinski definition) is 1. The van der Waals surface area contributed by atoms with Crippen molar-refractivity contribution in [1.82, 2.24) is 10.2 Å². The lowest BCUT2D eigenvalue weighted by atomic mass is 9.98. The van der Waals surface area contributed by atoms with Gasteiger partial charge in [0.25, 0.3) is 0 Å². The number of piperidine rings is 1. The minimum absolute atomic E-state index is 0.0805. The summed E-state index contributed by atoms with van der Waals surface area (Å²) in [4.78, 5) is 13.8. The molecule has 0 aromatic rings. The molecule has 1 N–H and O–H groups in total. The van der Waals surface area contributed by atoms with Crippen LogP contribution in [-0.4, -0.2) is 42.3 Å². The average molecular weight is 266 g/mol. The van der Waals surface area contributed by atoms with Gasteiger partial charge in [0.1, 0.15) is 5.60 Å². The molecule has 0 bridgehead atoms. The van der Waals surface area contributed by atoms with Gasteiger partial charge in [0, 0.05) is 19.6 Å². The third kappa shape index (κ3) is 5.98. The Hall–Kier alpha value is -1.21. The lowest BCUT2D eigenvalue weighted by Gasteiger charge is -2.34. The normalized spacial score (nSPS) is 21.6. The van der Waals surface area contributed by atoms with Crippen LogP contribution >= 0.6 is 0 Å². The van der Waals surface area contributed by atoms with E-state index in [0.717, 1.165) is 32.5 Å². The molecule has 0 aromatic carbocycles. The number of rotatable bonds is 3. The highest BCUT2D eigenvalue weighted by Gasteiger charge is 2.27. The van der Waals surface area contributed by atoms with Crippen molar-refractivity contribution in [1.29, 1.82) is 0 Å². The SMILES string of the molecule is C#CC(C)NCC1CCCN(C(=O)OC(C)(C)C)C1. The first-order chi connectivity index (χ1) is 8.81. The van der Waals surface area contributed by atoms with Crippen molar-refractivity contribution in [2.24, 2.45) is 5.92 Å². The molecule has 4 nitrogen and oxygen atoms in total. The predicted molar refractivity (Wildman–Crippen MR) is 76.8 cm³/mol. The third-order valence-electron chi connectivity index (χ3n) is 3.13. The summed E-state index contributed by atoms with van der Waals surface area (Å²) in [6.45, 7) is 10.0. The van der Waals surface area contributed by atoms with E-state index >= 15 is 0 Å². The van der Waals surface area contributed by atoms with E-state index in [1.54, 1.807) is 0 Å². The molecule has 1 aliphatic rings. The van der Waals surface area contributed by atoms with Gasteiger partial charge in [-0.15, -0.1) is 6.42 Å². The standard InChI is InChI=1S/C15H26N2O2/c1-6-12(2)16-10-13-8-7-9-17(11-13)14(18)19-15(3,4)5/h1,12-13,16H,7-11H2,2-5H3. The second kappa shape index (κ2) is 6.81. The molecule has 1 rings (SSSR count). The fourth-order valence-corrected chi connectivity index (χ4v) is 2.13. The Morgan fingerprint density at radius 1 is 1.58 bits per heavy atom. The maximum atomic E-state index is 12.0. The number of amides is 1. The van der Waals surface area contributed by atoms with Gasteiger partial charge in [-0.3, -0.25) is 0 Å². The first-order valence-electron chi connectivity index (χ1n) is 6.99. The van der Waals surface area contributed by atoms with Crippen LogP contribution in [0.15, 0.2) is 0 Å². The van der Waals surface area contributed by atoms with Crippen LogP contribution in [0.25, 0.3) is 0 Å². The molecule has 1 fully saturated rings. The Labute approximate surface area is 116 Å². The smallest absolute Gasteiger partial charge is 0.410 e. The summed E-state index contributed by atoms with van der Waals surface area (Å²) >= 11 is 0. The quantitative estimate of drug-likeness (QED) is 0.797. The van der Waals surface area contributed by atoms with Crippen LogP contribution in [0.1, 0.15) is 40.5 Å². The Bertz CT molecular complexity index is 341. The summed E-state index contributed by atoms with van der Waals surface area (Å²) in [7, 11) is 0. The van der Waals surface area contributed by atoms with Crippen molar-refractivity contribution >= 4 is 6.09 Å². The van der Waals surface area contributed by atoms with Crippen molar-refractivity contribution in [2.75, 3.05) is 19.6 Å². The average Bonchev–Trinajstić information content (AvgIpc) is 2.34. The van der Waals surface area contributed by atoms with Gasteiger partial charge in [0.2, 0.25) is 0 Å². The molecule has 19 heavy (non-hydrogen) atoms. The number of hydrogen-bond acceptors (Lipinski definition) is 3. The number of carbonyl (C=O) groups excluding carboxylic acids is 1. The van der Waals surface area contributed by atoms with Gasteiger partial charge in [-0.25, -0.2) is 4.79 Å². The van der Waals surface area contributed by atoms with E-state index in [0.29, 0.717) is 5.92 Å². The molecule has 0 aliphatic carbocycles. The Morgan fingerprint density at radius 2 is 2.26 bits per heavy atom. The Kier molecular flexibility index (Phi) is 5.68. The molecule has 2 atom stereocenters. The molecule has 1 amide bonds. The van der Waals surface area contributed by atoms with Crippen molar-refractivity contribution in [2.45, 2.75) is 52.2 Å². The summed E-state index contributed by atoms with van der Waals surface area (Å²) in [6, 6.07) is 0.0805. The highest BCUT2D eigenvalue weighted by Crippen LogP contribution is 2.18. The van der Waals surface area contributed by atoms with Crippen molar-refractivity contribution in [3.63, 3.8) is 0 Å². The second-order valence-electron chi connectivity index (χ2n) is 6.23. The van der Waals surface area contributed by atoms with E-state index < -0.39 is 5.60 Å². The van der Waals surface area contributed by atoms with Gasteiger partial charge in [-0.05, 0) is 46.5 Å². The van der Waals surface area contributed by atoms with E-state index in [1.807, 2.05) is 32.6 Å². The van der Waals surface area contributed by atoms with Crippen LogP contribution in [0.3, 0.4) is 0 Å². The number of carbonyl (C=O) groups is 1. The summed E-state index contributed by atoms with van der Waals surface area (Å²) in [5.74, 6) is 3.11. The van der Waals surface area contributed by atoms with E-state index in [9.17, 15) is 4.79 Å². The van der Waals surface area contributed by atoms with Gasteiger partial charge in [0.05, 0.1) is 6.04 Å². The van der Waals surface area contributed by atoms with Crippen LogP contribution < -0.4 is 5.32 Å². The summed E-state index contributed by atoms with van der Waals surface area (Å²) in [5.41, 5.74) is -0.430. The monoisotopic (exact) mass is 266 g/mol. The maximum absolute atomic E-state index is 12.0. The molecule has 0 spiro atoms. The minimum atomic E-state index is -0.430. The predicted octanol–water partition coefficient (Wildman–Crippen LogP) is 2.24. The second-order valence-corrected chi connectivity index (χ2v) is 6.23. The minimum Gasteiger partial charge on any atom is -0.444 e. The zero-order valence-corrected chi connectivity index (χ0v) is 12.5. The van der Waals surface area contributed by atoms with Crippen LogP contribution in [0.5, 0.6) is 0 Å². The molecular weight excluding hydrogens is 240 g/mol. The van der Waals surface area contributed by atoms with Crippen LogP contribution in [0, 0.1) is 18.3 Å². The maximum Gasteiger partial charge on any atom is 0.410 e. The first-order valence-corrected chi connectivity index (χ1v) is 6.99. The number of terminal acetylenes is 1. The molecule has 1 aliphatic heterocycles. The molecule has 0 saturated carbocycles. The third-order valence-corrected chi connectivity index (χ3v) is 3.13. The Balaban J connectivity index is 2.42. The highest BCUT2D eigenvalue weighted by molar-refractivity contribution is 5.68. The largest absolute Gasteiger partial charge is 0.444 e. The molecule has 0 radical (unpaired) electrons. The van der Waals surface area contributed by atoms with E-state index in [-0.39, 0.29) is 12.1 Å². The molecule has 1 heterocycles. The zero-order valence-electron chi connectivity index (χ0n) is 12.5. The van der Waals surface area contributed by atoms with E-state index in [2.05, 4.69) is 11.2 Å². The topological polar surface area (TPSA) is 41.6 Å². The summed E-state index contributed by atoms with van der Waals surface area (Å²) in [5, 5.41) is 3.29. The van der Waals surface area contributed by atoms with Crippen molar-refractivity contribution in [3.05, 3.63) is 0 Å². The van der Waals surface area contributed by atoms with Crippen molar-refractivity contribution < 1.29 is 9.53 Å². The number of ether oxygens (including phenoxy) is 1. The summed E-state index contributed by atoms with van der Waals surface area (Å²) in [6.07, 6.45) is 7.28. The van der Waals surface area contributed by atoms with Crippen LogP contribution in [-0.2, 0) is 4.74 Å². The number of nitrogens with zero attached hydrogens (tertiary/aromatic N) is 1. The Morgan fingerprint density at radius 3 is 2.84 bits per heavy atom. The first kappa shape index (κ1) is 15.8. The van der Waals surface area contributed by atoms with Gasteiger partial charge >= 0.3 is 6.09 Å². The van der Waals surface area contributed by atoms with Gasteiger partial charge < -0.3 is 15.0 Å². The van der Waals surface area contributed by atoms with E-state index in [4.69, 9.17) is 11.2 Å². The summed E-state index contributed by atoms with van der Waals surface area (Å²) < 4.78 is 5.41. The molecule has 0 aromatic heterocycles. The van der Waals surface area contributed by atoms with Gasteiger partial charge in [-0.1, -0.05) is 5.92 Å². The van der Waals surface area contributed by atoms with E-state index in [1.165, 1.54) is 0 Å². The van der Waals surface area contributed by atoms with Gasteiger partial charge in [-0.2, -0.15) is 0 Å². The zero-order chi connectivity index (χ0) is 14.5. The molecule has 1 saturated heterocycles. The number of nitrogens with one attached hydrogen (secondary N) is 1. The molecule has 108 valence electrons. The molecule has 4 heteroatoms. The molecular formula is C15H26N2O2. The van der Waals surface area contributed by atoms with Crippen molar-refractivity contribution in [3.8, 4) is 12.3 Å². The fraction of sp³-hybridized carbons (Fsp3) is 0.800. The lowest BCUT2D eigenvalue weighted by molar-refractivity contribution is 0.0166. The van der Waals surface area contributed by atoms with Crippen LogP contribution in [0.2, 0.25) is 0 Å².